The second-order valence-corrected chi connectivity index (χ2v) is 12.8. The fourth-order valence-electron chi connectivity index (χ4n) is 3.79. The van der Waals surface area contributed by atoms with Crippen molar-refractivity contribution in [3.8, 4) is 0 Å². The van der Waals surface area contributed by atoms with Crippen molar-refractivity contribution in [1.29, 1.82) is 0 Å². The van der Waals surface area contributed by atoms with Gasteiger partial charge in [-0.15, -0.1) is 0 Å². The molecule has 278 valence electrons. The quantitative estimate of drug-likeness (QED) is 0.0406. The summed E-state index contributed by atoms with van der Waals surface area (Å²) in [4.78, 5) is 0. The SMILES string of the molecule is CCCCCCCCCCCCOS(=O)(=O)O.CCCCCCCCCCCCOS(=O)(=O)O.NCCO.OCCNCCO. The number of aliphatic hydroxyl groups excluding tert-OH is 3. The van der Waals surface area contributed by atoms with Crippen LogP contribution in [0.4, 0.5) is 0 Å². The lowest BCUT2D eigenvalue weighted by Crippen LogP contribution is -2.21. The van der Waals surface area contributed by atoms with Gasteiger partial charge in [-0.05, 0) is 12.8 Å². The maximum absolute atomic E-state index is 10.2. The summed E-state index contributed by atoms with van der Waals surface area (Å²) in [6.45, 7) is 6.51. The van der Waals surface area contributed by atoms with E-state index in [2.05, 4.69) is 27.5 Å². The van der Waals surface area contributed by atoms with Crippen molar-refractivity contribution >= 4 is 20.8 Å². The van der Waals surface area contributed by atoms with Crippen molar-refractivity contribution in [2.45, 2.75) is 142 Å². The van der Waals surface area contributed by atoms with Gasteiger partial charge in [0.15, 0.2) is 0 Å². The molecule has 45 heavy (non-hydrogen) atoms. The first-order valence-corrected chi connectivity index (χ1v) is 19.7. The van der Waals surface area contributed by atoms with Gasteiger partial charge in [-0.3, -0.25) is 9.11 Å². The Morgan fingerprint density at radius 2 is 0.733 bits per heavy atom. The van der Waals surface area contributed by atoms with Gasteiger partial charge in [0.25, 0.3) is 0 Å². The van der Waals surface area contributed by atoms with Crippen LogP contribution in [0.3, 0.4) is 0 Å². The average molecular weight is 699 g/mol. The zero-order valence-electron chi connectivity index (χ0n) is 28.4. The van der Waals surface area contributed by atoms with E-state index in [1.807, 2.05) is 0 Å². The van der Waals surface area contributed by atoms with Gasteiger partial charge in [-0.2, -0.15) is 16.8 Å². The van der Waals surface area contributed by atoms with Gasteiger partial charge in [0, 0.05) is 19.6 Å². The third kappa shape index (κ3) is 71.0. The molecule has 0 bridgehead atoms. The van der Waals surface area contributed by atoms with Gasteiger partial charge < -0.3 is 26.4 Å². The maximum Gasteiger partial charge on any atom is 0.397 e. The predicted molar refractivity (Wildman–Crippen MR) is 182 cm³/mol. The van der Waals surface area contributed by atoms with Crippen molar-refractivity contribution in [2.24, 2.45) is 5.73 Å². The Bertz CT molecular complexity index is 669. The number of nitrogens with two attached hydrogens (primary N) is 1. The molecule has 0 saturated carbocycles. The highest BCUT2D eigenvalue weighted by molar-refractivity contribution is 7.81. The average Bonchev–Trinajstić information content (AvgIpc) is 2.98. The Morgan fingerprint density at radius 3 is 0.933 bits per heavy atom. The Balaban J connectivity index is -0.000000282. The van der Waals surface area contributed by atoms with Gasteiger partial charge in [-0.25, -0.2) is 8.37 Å². The second kappa shape index (κ2) is 43.5. The minimum absolute atomic E-state index is 0.0926. The van der Waals surface area contributed by atoms with E-state index in [1.165, 1.54) is 89.9 Å². The van der Waals surface area contributed by atoms with Crippen LogP contribution in [0.1, 0.15) is 142 Å². The largest absolute Gasteiger partial charge is 0.397 e. The lowest BCUT2D eigenvalue weighted by atomic mass is 10.1. The number of hydrogen-bond donors (Lipinski definition) is 7. The predicted octanol–water partition coefficient (Wildman–Crippen LogP) is 4.95. The molecule has 0 atom stereocenters. The van der Waals surface area contributed by atoms with Crippen LogP contribution in [-0.4, -0.2) is 93.9 Å². The molecule has 0 aliphatic rings. The summed E-state index contributed by atoms with van der Waals surface area (Å²) in [5, 5.41) is 26.8. The molecular weight excluding hydrogens is 628 g/mol. The molecule has 0 amide bonds. The second-order valence-electron chi connectivity index (χ2n) is 10.6. The van der Waals surface area contributed by atoms with E-state index in [0.717, 1.165) is 25.7 Å². The Labute approximate surface area is 276 Å². The molecule has 0 aromatic heterocycles. The first kappa shape index (κ1) is 51.4. The van der Waals surface area contributed by atoms with Crippen LogP contribution in [0.15, 0.2) is 0 Å². The summed E-state index contributed by atoms with van der Waals surface area (Å²) in [5.74, 6) is 0. The van der Waals surface area contributed by atoms with Crippen molar-refractivity contribution in [1.82, 2.24) is 5.32 Å². The molecule has 8 N–H and O–H groups in total. The van der Waals surface area contributed by atoms with Crippen molar-refractivity contribution in [3.05, 3.63) is 0 Å². The third-order valence-corrected chi connectivity index (χ3v) is 7.10. The van der Waals surface area contributed by atoms with E-state index in [9.17, 15) is 16.8 Å². The van der Waals surface area contributed by atoms with E-state index in [4.69, 9.17) is 30.2 Å². The first-order valence-electron chi connectivity index (χ1n) is 16.9. The number of hydrogen-bond acceptors (Lipinski definition) is 11. The lowest BCUT2D eigenvalue weighted by molar-refractivity contribution is 0.260. The van der Waals surface area contributed by atoms with Crippen LogP contribution in [0.25, 0.3) is 0 Å². The monoisotopic (exact) mass is 698 g/mol. The molecule has 0 saturated heterocycles. The van der Waals surface area contributed by atoms with Crippen molar-refractivity contribution in [3.63, 3.8) is 0 Å². The minimum Gasteiger partial charge on any atom is -0.395 e. The molecule has 13 nitrogen and oxygen atoms in total. The van der Waals surface area contributed by atoms with E-state index in [1.54, 1.807) is 0 Å². The molecule has 0 radical (unpaired) electrons. The van der Waals surface area contributed by atoms with Crippen LogP contribution in [0.5, 0.6) is 0 Å². The summed E-state index contributed by atoms with van der Waals surface area (Å²) in [7, 11) is -8.47. The highest BCUT2D eigenvalue weighted by atomic mass is 32.3. The maximum atomic E-state index is 10.2. The number of rotatable bonds is 29. The van der Waals surface area contributed by atoms with Gasteiger partial charge in [0.2, 0.25) is 0 Å². The van der Waals surface area contributed by atoms with Crippen molar-refractivity contribution in [2.75, 3.05) is 52.7 Å². The number of unbranched alkanes of at least 4 members (excludes halogenated alkanes) is 18. The van der Waals surface area contributed by atoms with Crippen LogP contribution >= 0.6 is 0 Å². The molecule has 0 aromatic rings. The van der Waals surface area contributed by atoms with E-state index < -0.39 is 20.8 Å². The Hall–Kier alpha value is -0.460. The zero-order valence-corrected chi connectivity index (χ0v) is 30.0. The molecule has 0 rings (SSSR count). The summed E-state index contributed by atoms with van der Waals surface area (Å²) in [5.41, 5.74) is 4.78. The Morgan fingerprint density at radius 1 is 0.489 bits per heavy atom. The van der Waals surface area contributed by atoms with Crippen molar-refractivity contribution < 1.29 is 49.6 Å². The van der Waals surface area contributed by atoms with Gasteiger partial charge in [0.05, 0.1) is 33.0 Å². The summed E-state index contributed by atoms with van der Waals surface area (Å²) < 4.78 is 66.0. The molecule has 0 aliphatic carbocycles. The normalized spacial score (nSPS) is 11.1. The van der Waals surface area contributed by atoms with Crippen LogP contribution in [-0.2, 0) is 29.2 Å². The molecule has 0 spiro atoms. The minimum atomic E-state index is -4.23. The fraction of sp³-hybridized carbons (Fsp3) is 1.00. The smallest absolute Gasteiger partial charge is 0.395 e. The summed E-state index contributed by atoms with van der Waals surface area (Å²) in [6, 6.07) is 0. The fourth-order valence-corrected chi connectivity index (χ4v) is 4.45. The zero-order chi connectivity index (χ0) is 34.9. The molecular formula is C30H70N2O11S2. The highest BCUT2D eigenvalue weighted by Crippen LogP contribution is 2.11. The Kier molecular flexibility index (Phi) is 49.7. The molecule has 15 heteroatoms. The molecule has 0 fully saturated rings. The van der Waals surface area contributed by atoms with Gasteiger partial charge in [-0.1, -0.05) is 129 Å². The number of nitrogens with one attached hydrogen (secondary N) is 1. The number of aliphatic hydroxyl groups is 3. The first-order chi connectivity index (χ1) is 21.4. The van der Waals surface area contributed by atoms with Crippen LogP contribution < -0.4 is 11.1 Å². The van der Waals surface area contributed by atoms with E-state index >= 15 is 0 Å². The lowest BCUT2D eigenvalue weighted by Gasteiger charge is -2.02. The molecule has 0 aromatic carbocycles. The van der Waals surface area contributed by atoms with Crippen LogP contribution in [0, 0.1) is 0 Å². The van der Waals surface area contributed by atoms with E-state index in [0.29, 0.717) is 32.5 Å². The molecule has 0 unspecified atom stereocenters. The van der Waals surface area contributed by atoms with E-state index in [-0.39, 0.29) is 33.0 Å². The topological polar surface area (TPSA) is 226 Å². The van der Waals surface area contributed by atoms with Crippen LogP contribution in [0.2, 0.25) is 0 Å². The van der Waals surface area contributed by atoms with Gasteiger partial charge >= 0.3 is 20.8 Å². The standard InChI is InChI=1S/2C12H26O4S.C4H11NO2.C2H7NO/c2*1-2-3-4-5-6-7-8-9-10-11-12-16-17(13,14)15;6-3-1-5-2-4-7;3-1-2-4/h2*2-12H2,1H3,(H,13,14,15);5-7H,1-4H2;4H,1-3H2. The third-order valence-electron chi connectivity index (χ3n) is 6.17. The van der Waals surface area contributed by atoms with Gasteiger partial charge in [0.1, 0.15) is 0 Å². The highest BCUT2D eigenvalue weighted by Gasteiger charge is 2.03. The molecule has 0 heterocycles. The summed E-state index contributed by atoms with van der Waals surface area (Å²) in [6.07, 6.45) is 23.7. The summed E-state index contributed by atoms with van der Waals surface area (Å²) >= 11 is 0. The molecule has 0 aliphatic heterocycles.